The fraction of sp³-hybridized carbons (Fsp3) is 0.139. The first kappa shape index (κ1) is 33.5. The number of carbonyl (C=O) groups excluding carboxylic acids is 1. The Morgan fingerprint density at radius 3 is 2.52 bits per heavy atom. The fourth-order valence-corrected chi connectivity index (χ4v) is 7.30. The van der Waals surface area contributed by atoms with Crippen LogP contribution < -0.4 is 34.4 Å². The predicted octanol–water partition coefficient (Wildman–Crippen LogP) is 7.54. The number of fused-ring (bicyclic) bond motifs is 1. The van der Waals surface area contributed by atoms with E-state index in [4.69, 9.17) is 42.4 Å². The van der Waals surface area contributed by atoms with Crippen LogP contribution in [0.25, 0.3) is 6.08 Å². The normalized spacial score (nSPS) is 14.3. The summed E-state index contributed by atoms with van der Waals surface area (Å²) in [6.07, 6.45) is 1.77. The minimum atomic E-state index is -0.749. The number of allylic oxidation sites excluding steroid dienone is 1. The molecule has 0 saturated heterocycles. The molecule has 1 atom stereocenters. The van der Waals surface area contributed by atoms with E-state index in [0.29, 0.717) is 69.2 Å². The molecule has 0 aliphatic carbocycles. The number of nitrogens with one attached hydrogen (secondary N) is 1. The van der Waals surface area contributed by atoms with Gasteiger partial charge in [-0.15, -0.1) is 0 Å². The smallest absolute Gasteiger partial charge is 0.271 e. The third-order valence-corrected chi connectivity index (χ3v) is 9.94. The van der Waals surface area contributed by atoms with Crippen LogP contribution in [0.2, 0.25) is 10.0 Å². The maximum Gasteiger partial charge on any atom is 0.271 e. The minimum absolute atomic E-state index is 0.230. The Hall–Kier alpha value is -4.35. The van der Waals surface area contributed by atoms with Crippen molar-refractivity contribution in [2.24, 2.45) is 4.99 Å². The highest BCUT2D eigenvalue weighted by Crippen LogP contribution is 2.38. The van der Waals surface area contributed by atoms with Crippen molar-refractivity contribution < 1.29 is 19.0 Å². The molecule has 1 N–H and O–H groups in total. The molecule has 48 heavy (non-hydrogen) atoms. The number of ether oxygens (including phenoxy) is 3. The zero-order valence-electron chi connectivity index (χ0n) is 25.9. The Morgan fingerprint density at radius 2 is 1.79 bits per heavy atom. The lowest BCUT2D eigenvalue weighted by Crippen LogP contribution is -2.40. The molecule has 6 rings (SSSR count). The van der Waals surface area contributed by atoms with Gasteiger partial charge >= 0.3 is 0 Å². The topological polar surface area (TPSA) is 91.2 Å². The van der Waals surface area contributed by atoms with E-state index in [2.05, 4.69) is 21.2 Å². The van der Waals surface area contributed by atoms with Crippen LogP contribution in [-0.2, 0) is 11.4 Å². The van der Waals surface area contributed by atoms with Crippen LogP contribution in [0.4, 0.5) is 5.69 Å². The lowest BCUT2D eigenvalue weighted by atomic mass is 9.95. The van der Waals surface area contributed by atoms with E-state index < -0.39 is 6.04 Å². The Balaban J connectivity index is 1.40. The van der Waals surface area contributed by atoms with E-state index in [1.54, 1.807) is 62.1 Å². The van der Waals surface area contributed by atoms with Gasteiger partial charge in [0.2, 0.25) is 0 Å². The van der Waals surface area contributed by atoms with E-state index in [0.717, 1.165) is 5.56 Å². The molecular formula is C36H28BrCl2N3O5S. The number of hydrogen-bond donors (Lipinski definition) is 1. The molecule has 5 aromatic rings. The monoisotopic (exact) mass is 763 g/mol. The molecule has 0 saturated carbocycles. The molecule has 2 heterocycles. The van der Waals surface area contributed by atoms with Gasteiger partial charge in [0, 0.05) is 5.69 Å². The Bertz CT molecular complexity index is 2250. The fourth-order valence-electron chi connectivity index (χ4n) is 5.36. The first-order chi connectivity index (χ1) is 23.2. The van der Waals surface area contributed by atoms with Gasteiger partial charge in [-0.1, -0.05) is 70.9 Å². The number of rotatable bonds is 9. The molecule has 1 aliphatic rings. The highest BCUT2D eigenvalue weighted by molar-refractivity contribution is 9.10. The number of halogens is 3. The number of benzene rings is 4. The molecule has 0 fully saturated rings. The maximum atomic E-state index is 14.2. The summed E-state index contributed by atoms with van der Waals surface area (Å²) in [5.41, 5.74) is 3.45. The zero-order valence-corrected chi connectivity index (χ0v) is 29.8. The molecule has 12 heteroatoms. The Morgan fingerprint density at radius 1 is 1.00 bits per heavy atom. The van der Waals surface area contributed by atoms with Crippen molar-refractivity contribution in [3.8, 4) is 17.2 Å². The van der Waals surface area contributed by atoms with Gasteiger partial charge in [0.1, 0.15) is 12.4 Å². The number of thiazole rings is 1. The van der Waals surface area contributed by atoms with Crippen LogP contribution >= 0.6 is 50.5 Å². The summed E-state index contributed by atoms with van der Waals surface area (Å²) in [5, 5.41) is 3.87. The molecule has 244 valence electrons. The number of para-hydroxylation sites is 1. The summed E-state index contributed by atoms with van der Waals surface area (Å²) in [6.45, 7) is 2.01. The van der Waals surface area contributed by atoms with Crippen LogP contribution in [-0.4, -0.2) is 24.7 Å². The van der Waals surface area contributed by atoms with E-state index in [9.17, 15) is 9.59 Å². The van der Waals surface area contributed by atoms with Crippen molar-refractivity contribution in [2.75, 3.05) is 19.5 Å². The first-order valence-electron chi connectivity index (χ1n) is 14.6. The molecule has 0 unspecified atom stereocenters. The van der Waals surface area contributed by atoms with Crippen molar-refractivity contribution >= 4 is 68.1 Å². The standard InChI is InChI=1S/C36H28BrCl2N3O5S/c1-20-31(34(43)41-24-9-5-4-6-10-24)32(23-8-7-11-25(18-23)45-2)42-35(44)30(48-36(42)40-20)17-22-14-26(37)33(29(16-22)46-3)47-19-21-12-13-27(38)28(39)15-21/h4-18,32H,19H2,1-3H3,(H,41,43)/b30-17-/t32-/m1/s1. The molecule has 8 nitrogen and oxygen atoms in total. The van der Waals surface area contributed by atoms with Crippen LogP contribution in [0.3, 0.4) is 0 Å². The lowest BCUT2D eigenvalue weighted by Gasteiger charge is -2.25. The van der Waals surface area contributed by atoms with Crippen LogP contribution in [0.15, 0.2) is 110 Å². The number of nitrogens with zero attached hydrogens (tertiary/aromatic N) is 2. The van der Waals surface area contributed by atoms with Crippen molar-refractivity contribution in [2.45, 2.75) is 19.6 Å². The van der Waals surface area contributed by atoms with Crippen LogP contribution in [0.1, 0.15) is 29.7 Å². The molecule has 4 aromatic carbocycles. The average molecular weight is 766 g/mol. The number of carbonyl (C=O) groups is 1. The number of anilines is 1. The summed E-state index contributed by atoms with van der Waals surface area (Å²) < 4.78 is 19.9. The first-order valence-corrected chi connectivity index (χ1v) is 17.0. The van der Waals surface area contributed by atoms with Crippen molar-refractivity contribution in [1.82, 2.24) is 4.57 Å². The van der Waals surface area contributed by atoms with Gasteiger partial charge in [-0.05, 0) is 94.2 Å². The average Bonchev–Trinajstić information content (AvgIpc) is 3.38. The minimum Gasteiger partial charge on any atom is -0.497 e. The molecule has 1 aliphatic heterocycles. The maximum absolute atomic E-state index is 14.2. The van der Waals surface area contributed by atoms with Gasteiger partial charge < -0.3 is 19.5 Å². The molecule has 0 bridgehead atoms. The van der Waals surface area contributed by atoms with Crippen LogP contribution in [0.5, 0.6) is 17.2 Å². The van der Waals surface area contributed by atoms with Crippen molar-refractivity contribution in [1.29, 1.82) is 0 Å². The number of aromatic nitrogens is 1. The largest absolute Gasteiger partial charge is 0.497 e. The van der Waals surface area contributed by atoms with Gasteiger partial charge in [-0.25, -0.2) is 4.99 Å². The van der Waals surface area contributed by atoms with Crippen molar-refractivity contribution in [3.63, 3.8) is 0 Å². The second-order valence-electron chi connectivity index (χ2n) is 10.7. The summed E-state index contributed by atoms with van der Waals surface area (Å²) >= 11 is 17.1. The van der Waals surface area contributed by atoms with Gasteiger partial charge in [0.25, 0.3) is 11.5 Å². The summed E-state index contributed by atoms with van der Waals surface area (Å²) in [6, 6.07) is 24.7. The van der Waals surface area contributed by atoms with Crippen molar-refractivity contribution in [3.05, 3.63) is 147 Å². The molecule has 1 aromatic heterocycles. The van der Waals surface area contributed by atoms with Gasteiger partial charge in [-0.3, -0.25) is 14.2 Å². The summed E-state index contributed by atoms with van der Waals surface area (Å²) in [7, 11) is 3.12. The highest BCUT2D eigenvalue weighted by atomic mass is 79.9. The summed E-state index contributed by atoms with van der Waals surface area (Å²) in [5.74, 6) is 1.21. The zero-order chi connectivity index (χ0) is 33.9. The number of amides is 1. The highest BCUT2D eigenvalue weighted by Gasteiger charge is 2.33. The van der Waals surface area contributed by atoms with E-state index in [1.165, 1.54) is 11.3 Å². The SMILES string of the molecule is COc1cccc([C@@H]2C(C(=O)Nc3ccccc3)=C(C)N=c3s/c(=C\c4cc(Br)c(OCc5ccc(Cl)c(Cl)c5)c(OC)c4)c(=O)n32)c1. The Labute approximate surface area is 298 Å². The summed E-state index contributed by atoms with van der Waals surface area (Å²) in [4.78, 5) is 33.3. The van der Waals surface area contributed by atoms with Gasteiger partial charge in [0.15, 0.2) is 16.3 Å². The second-order valence-corrected chi connectivity index (χ2v) is 13.4. The van der Waals surface area contributed by atoms with Gasteiger partial charge in [0.05, 0.1) is 50.6 Å². The lowest BCUT2D eigenvalue weighted by molar-refractivity contribution is -0.113. The third-order valence-electron chi connectivity index (χ3n) is 7.62. The molecule has 0 radical (unpaired) electrons. The quantitative estimate of drug-likeness (QED) is 0.168. The number of methoxy groups -OCH3 is 2. The molecule has 0 spiro atoms. The molecule has 1 amide bonds. The third kappa shape index (κ3) is 6.93. The van der Waals surface area contributed by atoms with E-state index >= 15 is 0 Å². The second kappa shape index (κ2) is 14.4. The van der Waals surface area contributed by atoms with E-state index in [1.807, 2.05) is 54.6 Å². The van der Waals surface area contributed by atoms with Crippen LogP contribution in [0, 0.1) is 0 Å². The Kier molecular flexibility index (Phi) is 10.1. The predicted molar refractivity (Wildman–Crippen MR) is 193 cm³/mol. The number of hydrogen-bond acceptors (Lipinski definition) is 7. The molecular weight excluding hydrogens is 737 g/mol. The van der Waals surface area contributed by atoms with E-state index in [-0.39, 0.29) is 18.1 Å². The van der Waals surface area contributed by atoms with Gasteiger partial charge in [-0.2, -0.15) is 0 Å².